The number of carbonyl (C=O) groups is 1. The van der Waals surface area contributed by atoms with Crippen molar-refractivity contribution in [2.45, 2.75) is 25.7 Å². The maximum absolute atomic E-state index is 12.3. The third-order valence-corrected chi connectivity index (χ3v) is 6.37. The van der Waals surface area contributed by atoms with E-state index in [-0.39, 0.29) is 26.8 Å². The smallest absolute Gasteiger partial charge is 0.266 e. The van der Waals surface area contributed by atoms with Crippen LogP contribution in [0.4, 0.5) is 5.13 Å². The number of benzene rings is 1. The average Bonchev–Trinajstić information content (AvgIpc) is 2.86. The number of thiazole rings is 1. The Morgan fingerprint density at radius 1 is 1.46 bits per heavy atom. The molecule has 0 fully saturated rings. The van der Waals surface area contributed by atoms with Crippen molar-refractivity contribution >= 4 is 44.0 Å². The molecule has 1 heterocycles. The van der Waals surface area contributed by atoms with Gasteiger partial charge in [-0.05, 0) is 31.5 Å². The number of hydrogen-bond donors (Lipinski definition) is 2. The summed E-state index contributed by atoms with van der Waals surface area (Å²) < 4.78 is 24.9. The average molecular weight is 390 g/mol. The largest absolute Gasteiger partial charge is 0.302 e. The molecule has 2 rings (SSSR count). The monoisotopic (exact) mass is 389 g/mol. The van der Waals surface area contributed by atoms with E-state index in [1.807, 2.05) is 0 Å². The molecule has 2 N–H and O–H groups in total. The second-order valence-corrected chi connectivity index (χ2v) is 8.12. The molecule has 0 spiro atoms. The summed E-state index contributed by atoms with van der Waals surface area (Å²) in [6.07, 6.45) is 0. The molecular formula is C14H16ClN3O4S2. The van der Waals surface area contributed by atoms with E-state index in [9.17, 15) is 18.4 Å². The number of aryl methyl sites for hydroxylation is 1. The lowest BCUT2D eigenvalue weighted by atomic mass is 10.2. The van der Waals surface area contributed by atoms with Crippen molar-refractivity contribution in [2.24, 2.45) is 0 Å². The Morgan fingerprint density at radius 3 is 2.71 bits per heavy atom. The third kappa shape index (κ3) is 3.76. The van der Waals surface area contributed by atoms with Crippen LogP contribution in [-0.4, -0.2) is 35.5 Å². The number of sulfonamides is 1. The van der Waals surface area contributed by atoms with E-state index in [1.165, 1.54) is 37.3 Å². The van der Waals surface area contributed by atoms with Crippen LogP contribution in [0.1, 0.15) is 19.5 Å². The van der Waals surface area contributed by atoms with E-state index in [0.29, 0.717) is 21.3 Å². The highest BCUT2D eigenvalue weighted by molar-refractivity contribution is 7.89. The molecule has 10 heteroatoms. The van der Waals surface area contributed by atoms with Crippen LogP contribution in [0.2, 0.25) is 5.02 Å². The quantitative estimate of drug-likeness (QED) is 0.765. The number of rotatable bonds is 5. The second-order valence-electron chi connectivity index (χ2n) is 4.90. The molecule has 130 valence electrons. The van der Waals surface area contributed by atoms with Gasteiger partial charge in [0.15, 0.2) is 5.13 Å². The first-order valence-electron chi connectivity index (χ1n) is 6.93. The zero-order valence-electron chi connectivity index (χ0n) is 13.2. The van der Waals surface area contributed by atoms with E-state index in [2.05, 4.69) is 10.3 Å². The zero-order valence-corrected chi connectivity index (χ0v) is 15.6. The number of amides is 1. The molecule has 0 bridgehead atoms. The number of carbonyl (C=O) groups excluding carboxylic acids is 1. The first-order chi connectivity index (χ1) is 11.2. The SMILES string of the molecule is CCN(O)S(=O)(=O)c1cc(-c2sc(NC(C)=O)nc2C)ccc1Cl. The number of aromatic nitrogens is 1. The molecule has 24 heavy (non-hydrogen) atoms. The Hall–Kier alpha value is -1.52. The predicted molar refractivity (Wildman–Crippen MR) is 93.0 cm³/mol. The summed E-state index contributed by atoms with van der Waals surface area (Å²) in [5.74, 6) is -0.242. The molecule has 1 amide bonds. The van der Waals surface area contributed by atoms with Crippen LogP contribution in [0.15, 0.2) is 23.1 Å². The van der Waals surface area contributed by atoms with Gasteiger partial charge in [-0.25, -0.2) is 13.4 Å². The van der Waals surface area contributed by atoms with Gasteiger partial charge in [-0.2, -0.15) is 0 Å². The highest BCUT2D eigenvalue weighted by Gasteiger charge is 2.25. The molecule has 1 aromatic heterocycles. The number of anilines is 1. The standard InChI is InChI=1S/C14H16ClN3O4S2/c1-4-18(20)24(21,22)12-7-10(5-6-11(12)15)13-8(2)16-14(23-13)17-9(3)19/h5-7,20H,4H2,1-3H3,(H,16,17,19). The van der Waals surface area contributed by atoms with Gasteiger partial charge in [-0.3, -0.25) is 10.0 Å². The molecule has 2 aromatic rings. The molecule has 0 aliphatic heterocycles. The molecule has 1 aromatic carbocycles. The summed E-state index contributed by atoms with van der Waals surface area (Å²) in [4.78, 5) is 15.9. The first-order valence-corrected chi connectivity index (χ1v) is 9.56. The fourth-order valence-corrected chi connectivity index (χ4v) is 4.57. The van der Waals surface area contributed by atoms with Gasteiger partial charge in [0.25, 0.3) is 10.0 Å². The van der Waals surface area contributed by atoms with Gasteiger partial charge in [0.1, 0.15) is 4.90 Å². The Labute approximate surface area is 148 Å². The molecular weight excluding hydrogens is 374 g/mol. The highest BCUT2D eigenvalue weighted by atomic mass is 35.5. The highest BCUT2D eigenvalue weighted by Crippen LogP contribution is 2.36. The number of nitrogens with one attached hydrogen (secondary N) is 1. The fraction of sp³-hybridized carbons (Fsp3) is 0.286. The van der Waals surface area contributed by atoms with Gasteiger partial charge in [0.05, 0.1) is 15.6 Å². The van der Waals surface area contributed by atoms with Gasteiger partial charge < -0.3 is 5.32 Å². The number of nitrogens with zero attached hydrogens (tertiary/aromatic N) is 2. The molecule has 0 atom stereocenters. The Kier molecular flexibility index (Phi) is 5.61. The van der Waals surface area contributed by atoms with E-state index in [0.717, 1.165) is 0 Å². The summed E-state index contributed by atoms with van der Waals surface area (Å²) in [6, 6.07) is 4.49. The van der Waals surface area contributed by atoms with Crippen LogP contribution in [0.3, 0.4) is 0 Å². The first kappa shape index (κ1) is 18.8. The van der Waals surface area contributed by atoms with Gasteiger partial charge in [-0.15, -0.1) is 0 Å². The maximum atomic E-state index is 12.3. The predicted octanol–water partition coefficient (Wildman–Crippen LogP) is 3.13. The summed E-state index contributed by atoms with van der Waals surface area (Å²) in [5.41, 5.74) is 1.22. The van der Waals surface area contributed by atoms with Crippen molar-refractivity contribution in [1.29, 1.82) is 0 Å². The van der Waals surface area contributed by atoms with Crippen molar-refractivity contribution in [2.75, 3.05) is 11.9 Å². The second kappa shape index (κ2) is 7.16. The maximum Gasteiger partial charge on any atom is 0.266 e. The van der Waals surface area contributed by atoms with Crippen LogP contribution >= 0.6 is 22.9 Å². The van der Waals surface area contributed by atoms with Crippen LogP contribution in [0, 0.1) is 6.92 Å². The summed E-state index contributed by atoms with van der Waals surface area (Å²) in [5, 5.41) is 12.6. The molecule has 0 aliphatic rings. The lowest BCUT2D eigenvalue weighted by molar-refractivity contribution is -0.114. The van der Waals surface area contributed by atoms with Crippen LogP contribution in [0.25, 0.3) is 10.4 Å². The van der Waals surface area contributed by atoms with Crippen molar-refractivity contribution in [3.8, 4) is 10.4 Å². The van der Waals surface area contributed by atoms with Crippen molar-refractivity contribution in [1.82, 2.24) is 9.45 Å². The summed E-state index contributed by atoms with van der Waals surface area (Å²) >= 11 is 7.22. The van der Waals surface area contributed by atoms with Crippen molar-refractivity contribution in [3.63, 3.8) is 0 Å². The van der Waals surface area contributed by atoms with Crippen LogP contribution < -0.4 is 5.32 Å². The molecule has 0 saturated carbocycles. The van der Waals surface area contributed by atoms with E-state index in [1.54, 1.807) is 13.0 Å². The molecule has 0 radical (unpaired) electrons. The van der Waals surface area contributed by atoms with Crippen molar-refractivity contribution in [3.05, 3.63) is 28.9 Å². The van der Waals surface area contributed by atoms with Crippen molar-refractivity contribution < 1.29 is 18.4 Å². The third-order valence-electron chi connectivity index (χ3n) is 3.10. The minimum absolute atomic E-state index is 0.00972. The van der Waals surface area contributed by atoms with Gasteiger partial charge in [-0.1, -0.05) is 33.5 Å². The molecule has 7 nitrogen and oxygen atoms in total. The number of hydrogen-bond acceptors (Lipinski definition) is 6. The zero-order chi connectivity index (χ0) is 18.1. The van der Waals surface area contributed by atoms with E-state index >= 15 is 0 Å². The lowest BCUT2D eigenvalue weighted by Gasteiger charge is -2.14. The van der Waals surface area contributed by atoms with Gasteiger partial charge in [0.2, 0.25) is 5.91 Å². The van der Waals surface area contributed by atoms with Crippen LogP contribution in [0.5, 0.6) is 0 Å². The van der Waals surface area contributed by atoms with E-state index in [4.69, 9.17) is 11.6 Å². The minimum Gasteiger partial charge on any atom is -0.302 e. The van der Waals surface area contributed by atoms with E-state index < -0.39 is 10.0 Å². The van der Waals surface area contributed by atoms with Gasteiger partial charge in [0, 0.05) is 13.5 Å². The fourth-order valence-electron chi connectivity index (χ4n) is 1.99. The Balaban J connectivity index is 2.53. The summed E-state index contributed by atoms with van der Waals surface area (Å²) in [7, 11) is -4.10. The van der Waals surface area contributed by atoms with Gasteiger partial charge >= 0.3 is 0 Å². The molecule has 0 saturated heterocycles. The Bertz CT molecular complexity index is 880. The minimum atomic E-state index is -4.10. The van der Waals surface area contributed by atoms with Crippen LogP contribution in [-0.2, 0) is 14.8 Å². The molecule has 0 aliphatic carbocycles. The number of halogens is 1. The Morgan fingerprint density at radius 2 is 2.12 bits per heavy atom. The topological polar surface area (TPSA) is 99.6 Å². The number of hydroxylamine groups is 1. The summed E-state index contributed by atoms with van der Waals surface area (Å²) in [6.45, 7) is 4.53. The lowest BCUT2D eigenvalue weighted by Crippen LogP contribution is -2.27. The molecule has 0 unspecified atom stereocenters. The normalized spacial score (nSPS) is 11.8.